The van der Waals surface area contributed by atoms with Crippen molar-refractivity contribution in [3.63, 3.8) is 0 Å². The molecule has 20 heavy (non-hydrogen) atoms. The Bertz CT molecular complexity index is 567. The van der Waals surface area contributed by atoms with E-state index in [9.17, 15) is 13.2 Å². The first-order chi connectivity index (χ1) is 9.47. The molecule has 1 aliphatic rings. The third kappa shape index (κ3) is 4.78. The zero-order valence-corrected chi connectivity index (χ0v) is 12.7. The summed E-state index contributed by atoms with van der Waals surface area (Å²) in [7, 11) is -3.64. The fourth-order valence-electron chi connectivity index (χ4n) is 1.47. The molecule has 1 aromatic heterocycles. The molecule has 0 spiro atoms. The topological polar surface area (TPSA) is 113 Å². The van der Waals surface area contributed by atoms with E-state index in [1.165, 1.54) is 19.8 Å². The highest BCUT2D eigenvalue weighted by Gasteiger charge is 2.21. The van der Waals surface area contributed by atoms with Crippen LogP contribution in [0.1, 0.15) is 26.2 Å². The second kappa shape index (κ2) is 6.57. The van der Waals surface area contributed by atoms with Gasteiger partial charge in [0.25, 0.3) is 10.0 Å². The smallest absolute Gasteiger partial charge is 0.269 e. The lowest BCUT2D eigenvalue weighted by Crippen LogP contribution is -2.28. The quantitative estimate of drug-likeness (QED) is 0.456. The molecular formula is C10H17N5O3S2. The molecule has 10 heteroatoms. The van der Waals surface area contributed by atoms with Crippen molar-refractivity contribution in [2.75, 3.05) is 18.4 Å². The summed E-state index contributed by atoms with van der Waals surface area (Å²) in [6.45, 7) is 2.46. The van der Waals surface area contributed by atoms with Gasteiger partial charge in [-0.3, -0.25) is 4.79 Å². The Morgan fingerprint density at radius 1 is 1.35 bits per heavy atom. The lowest BCUT2D eigenvalue weighted by Gasteiger charge is -2.04. The SMILES string of the molecule is CC(=O)Nc1nnc(S(=O)(=O)NCCCNC2CC2)s1. The third-order valence-corrected chi connectivity index (χ3v) is 5.24. The van der Waals surface area contributed by atoms with Crippen LogP contribution in [0.4, 0.5) is 5.13 Å². The normalized spacial score (nSPS) is 15.2. The Morgan fingerprint density at radius 2 is 2.10 bits per heavy atom. The van der Waals surface area contributed by atoms with Crippen molar-refractivity contribution in [3.05, 3.63) is 0 Å². The van der Waals surface area contributed by atoms with Crippen LogP contribution >= 0.6 is 11.3 Å². The van der Waals surface area contributed by atoms with Gasteiger partial charge in [-0.05, 0) is 25.8 Å². The maximum absolute atomic E-state index is 11.9. The highest BCUT2D eigenvalue weighted by molar-refractivity contribution is 7.91. The van der Waals surface area contributed by atoms with E-state index < -0.39 is 10.0 Å². The number of carbonyl (C=O) groups is 1. The van der Waals surface area contributed by atoms with Crippen molar-refractivity contribution < 1.29 is 13.2 Å². The summed E-state index contributed by atoms with van der Waals surface area (Å²) in [5, 5.41) is 13.0. The number of nitrogens with one attached hydrogen (secondary N) is 3. The van der Waals surface area contributed by atoms with Gasteiger partial charge in [-0.15, -0.1) is 10.2 Å². The number of hydrogen-bond donors (Lipinski definition) is 3. The summed E-state index contributed by atoms with van der Waals surface area (Å²) in [6, 6.07) is 0.620. The summed E-state index contributed by atoms with van der Waals surface area (Å²) < 4.78 is 26.1. The zero-order valence-electron chi connectivity index (χ0n) is 11.0. The van der Waals surface area contributed by atoms with Gasteiger partial charge in [0.15, 0.2) is 0 Å². The maximum atomic E-state index is 11.9. The van der Waals surface area contributed by atoms with Gasteiger partial charge in [-0.1, -0.05) is 11.3 Å². The van der Waals surface area contributed by atoms with Crippen LogP contribution in [0.3, 0.4) is 0 Å². The minimum atomic E-state index is -3.64. The molecule has 1 aliphatic carbocycles. The molecule has 0 bridgehead atoms. The maximum Gasteiger partial charge on any atom is 0.269 e. The van der Waals surface area contributed by atoms with E-state index in [0.717, 1.165) is 17.9 Å². The summed E-state index contributed by atoms with van der Waals surface area (Å²) in [4.78, 5) is 10.8. The number of aromatic nitrogens is 2. The Kier molecular flexibility index (Phi) is 5.02. The molecule has 1 aromatic rings. The van der Waals surface area contributed by atoms with Gasteiger partial charge < -0.3 is 10.6 Å². The van der Waals surface area contributed by atoms with Crippen LogP contribution in [0.25, 0.3) is 0 Å². The molecule has 1 saturated carbocycles. The first-order valence-corrected chi connectivity index (χ1v) is 8.61. The van der Waals surface area contributed by atoms with Crippen molar-refractivity contribution in [3.8, 4) is 0 Å². The predicted octanol–water partition coefficient (Wildman–Crippen LogP) is -0.0831. The number of sulfonamides is 1. The molecule has 0 atom stereocenters. The molecule has 3 N–H and O–H groups in total. The van der Waals surface area contributed by atoms with Crippen molar-refractivity contribution >= 4 is 32.4 Å². The van der Waals surface area contributed by atoms with E-state index in [4.69, 9.17) is 0 Å². The number of nitrogens with zero attached hydrogens (tertiary/aromatic N) is 2. The Morgan fingerprint density at radius 3 is 2.75 bits per heavy atom. The number of amides is 1. The summed E-state index contributed by atoms with van der Waals surface area (Å²) in [5.74, 6) is -0.316. The van der Waals surface area contributed by atoms with Crippen LogP contribution in [0.5, 0.6) is 0 Å². The highest BCUT2D eigenvalue weighted by Crippen LogP contribution is 2.19. The first kappa shape index (κ1) is 15.3. The fraction of sp³-hybridized carbons (Fsp3) is 0.700. The molecule has 2 rings (SSSR count). The van der Waals surface area contributed by atoms with Gasteiger partial charge in [0.2, 0.25) is 15.4 Å². The van der Waals surface area contributed by atoms with Crippen LogP contribution in [-0.4, -0.2) is 43.7 Å². The van der Waals surface area contributed by atoms with Crippen LogP contribution in [0.2, 0.25) is 0 Å². The van der Waals surface area contributed by atoms with Crippen molar-refractivity contribution in [2.45, 2.75) is 36.6 Å². The largest absolute Gasteiger partial charge is 0.314 e. The molecule has 0 unspecified atom stereocenters. The van der Waals surface area contributed by atoms with Crippen molar-refractivity contribution in [2.24, 2.45) is 0 Å². The standard InChI is InChI=1S/C10H17N5O3S2/c1-7(16)13-9-14-15-10(19-9)20(17,18)12-6-2-5-11-8-3-4-8/h8,11-12H,2-6H2,1H3,(H,13,14,16). The van der Waals surface area contributed by atoms with Crippen LogP contribution in [0, 0.1) is 0 Å². The number of carbonyl (C=O) groups excluding carboxylic acids is 1. The van der Waals surface area contributed by atoms with Gasteiger partial charge in [0.1, 0.15) is 0 Å². The van der Waals surface area contributed by atoms with Crippen molar-refractivity contribution in [1.82, 2.24) is 20.2 Å². The van der Waals surface area contributed by atoms with E-state index in [0.29, 0.717) is 19.0 Å². The molecule has 1 heterocycles. The lowest BCUT2D eigenvalue weighted by atomic mass is 10.4. The second-order valence-electron chi connectivity index (χ2n) is 4.53. The van der Waals surface area contributed by atoms with E-state index in [2.05, 4.69) is 25.6 Å². The molecule has 1 amide bonds. The van der Waals surface area contributed by atoms with E-state index in [1.54, 1.807) is 0 Å². The number of hydrogen-bond acceptors (Lipinski definition) is 7. The van der Waals surface area contributed by atoms with Gasteiger partial charge >= 0.3 is 0 Å². The van der Waals surface area contributed by atoms with E-state index >= 15 is 0 Å². The molecule has 112 valence electrons. The van der Waals surface area contributed by atoms with E-state index in [-0.39, 0.29) is 15.4 Å². The summed E-state index contributed by atoms with van der Waals surface area (Å²) >= 11 is 0.827. The molecule has 0 aromatic carbocycles. The molecule has 0 aliphatic heterocycles. The van der Waals surface area contributed by atoms with Crippen LogP contribution in [0.15, 0.2) is 4.34 Å². The number of rotatable bonds is 8. The fourth-order valence-corrected chi connectivity index (χ4v) is 3.53. The Balaban J connectivity index is 1.78. The zero-order chi connectivity index (χ0) is 14.6. The van der Waals surface area contributed by atoms with Gasteiger partial charge in [-0.25, -0.2) is 13.1 Å². The first-order valence-electron chi connectivity index (χ1n) is 6.31. The van der Waals surface area contributed by atoms with Gasteiger partial charge in [0.05, 0.1) is 0 Å². The Labute approximate surface area is 121 Å². The average Bonchev–Trinajstić information content (AvgIpc) is 3.06. The monoisotopic (exact) mass is 319 g/mol. The van der Waals surface area contributed by atoms with Crippen LogP contribution < -0.4 is 15.4 Å². The molecular weight excluding hydrogens is 302 g/mol. The molecule has 0 radical (unpaired) electrons. The number of anilines is 1. The van der Waals surface area contributed by atoms with E-state index in [1.807, 2.05) is 0 Å². The highest BCUT2D eigenvalue weighted by atomic mass is 32.2. The van der Waals surface area contributed by atoms with Crippen LogP contribution in [-0.2, 0) is 14.8 Å². The van der Waals surface area contributed by atoms with Gasteiger partial charge in [-0.2, -0.15) is 0 Å². The summed E-state index contributed by atoms with van der Waals surface area (Å²) in [5.41, 5.74) is 0. The molecule has 8 nitrogen and oxygen atoms in total. The summed E-state index contributed by atoms with van der Waals surface area (Å²) in [6.07, 6.45) is 3.14. The van der Waals surface area contributed by atoms with Crippen molar-refractivity contribution in [1.29, 1.82) is 0 Å². The average molecular weight is 319 g/mol. The van der Waals surface area contributed by atoms with Gasteiger partial charge in [0, 0.05) is 19.5 Å². The molecule has 1 fully saturated rings. The predicted molar refractivity (Wildman–Crippen MR) is 75.0 cm³/mol. The minimum absolute atomic E-state index is 0.142. The third-order valence-electron chi connectivity index (χ3n) is 2.58. The second-order valence-corrected chi connectivity index (χ2v) is 7.45. The lowest BCUT2D eigenvalue weighted by molar-refractivity contribution is -0.114. The minimum Gasteiger partial charge on any atom is -0.314 e. The molecule has 0 saturated heterocycles. The Hall–Kier alpha value is -1.10.